The summed E-state index contributed by atoms with van der Waals surface area (Å²) in [6.45, 7) is 6.77. The van der Waals surface area contributed by atoms with Gasteiger partial charge in [-0.2, -0.15) is 0 Å². The maximum absolute atomic E-state index is 5.84. The van der Waals surface area contributed by atoms with Gasteiger partial charge in [0.05, 0.1) is 17.9 Å². The summed E-state index contributed by atoms with van der Waals surface area (Å²) in [4.78, 5) is 4.14. The third-order valence-electron chi connectivity index (χ3n) is 2.76. The summed E-state index contributed by atoms with van der Waals surface area (Å²) < 4.78 is 2.19. The van der Waals surface area contributed by atoms with Gasteiger partial charge in [-0.15, -0.1) is 11.6 Å². The van der Waals surface area contributed by atoms with Gasteiger partial charge >= 0.3 is 0 Å². The van der Waals surface area contributed by atoms with Crippen molar-refractivity contribution in [3.05, 3.63) is 18.2 Å². The van der Waals surface area contributed by atoms with Crippen molar-refractivity contribution in [3.63, 3.8) is 0 Å². The van der Waals surface area contributed by atoms with E-state index in [1.165, 1.54) is 19.3 Å². The highest BCUT2D eigenvalue weighted by Crippen LogP contribution is 2.19. The Morgan fingerprint density at radius 1 is 1.33 bits per heavy atom. The average Bonchev–Trinajstić information content (AvgIpc) is 2.64. The van der Waals surface area contributed by atoms with Gasteiger partial charge in [-0.3, -0.25) is 0 Å². The summed E-state index contributed by atoms with van der Waals surface area (Å²) >= 11 is 5.84. The second-order valence-corrected chi connectivity index (χ2v) is 4.87. The van der Waals surface area contributed by atoms with Crippen LogP contribution in [0.25, 0.3) is 0 Å². The van der Waals surface area contributed by atoms with E-state index >= 15 is 0 Å². The van der Waals surface area contributed by atoms with Crippen molar-refractivity contribution in [2.45, 2.75) is 52.0 Å². The Morgan fingerprint density at radius 2 is 2.07 bits per heavy atom. The van der Waals surface area contributed by atoms with Gasteiger partial charge in [-0.05, 0) is 19.3 Å². The molecule has 0 fully saturated rings. The van der Waals surface area contributed by atoms with Crippen molar-refractivity contribution in [1.82, 2.24) is 9.55 Å². The van der Waals surface area contributed by atoms with Crippen LogP contribution in [0.5, 0.6) is 0 Å². The second kappa shape index (κ2) is 6.16. The normalized spacial score (nSPS) is 13.4. The first-order valence-electron chi connectivity index (χ1n) is 5.71. The van der Waals surface area contributed by atoms with Crippen LogP contribution in [0.3, 0.4) is 0 Å². The fourth-order valence-electron chi connectivity index (χ4n) is 1.79. The third-order valence-corrected chi connectivity index (χ3v) is 3.04. The largest absolute Gasteiger partial charge is 0.331 e. The van der Waals surface area contributed by atoms with Crippen LogP contribution in [-0.4, -0.2) is 9.55 Å². The van der Waals surface area contributed by atoms with E-state index in [-0.39, 0.29) is 0 Å². The zero-order valence-electron chi connectivity index (χ0n) is 9.91. The van der Waals surface area contributed by atoms with Crippen LogP contribution in [0, 0.1) is 5.92 Å². The molecule has 1 unspecified atom stereocenters. The fraction of sp³-hybridized carbons (Fsp3) is 0.750. The standard InChI is InChI=1S/C12H21ClN2/c1-10(2)5-4-6-11(3)15-9-14-8-12(15)7-13/h8-11H,4-7H2,1-3H3. The molecule has 0 aliphatic carbocycles. The van der Waals surface area contributed by atoms with E-state index in [0.717, 1.165) is 11.6 Å². The number of hydrogen-bond donors (Lipinski definition) is 0. The molecule has 1 aromatic heterocycles. The number of nitrogens with zero attached hydrogens (tertiary/aromatic N) is 2. The SMILES string of the molecule is CC(C)CCCC(C)n1cncc1CCl. The molecule has 0 radical (unpaired) electrons. The maximum Gasteiger partial charge on any atom is 0.0951 e. The smallest absolute Gasteiger partial charge is 0.0951 e. The van der Waals surface area contributed by atoms with Crippen molar-refractivity contribution in [1.29, 1.82) is 0 Å². The minimum atomic E-state index is 0.514. The van der Waals surface area contributed by atoms with E-state index in [4.69, 9.17) is 11.6 Å². The first-order valence-corrected chi connectivity index (χ1v) is 6.25. The Bertz CT molecular complexity index is 281. The summed E-state index contributed by atoms with van der Waals surface area (Å²) in [5.74, 6) is 1.35. The van der Waals surface area contributed by atoms with Crippen LogP contribution in [0.4, 0.5) is 0 Å². The fourth-order valence-corrected chi connectivity index (χ4v) is 2.00. The molecule has 1 rings (SSSR count). The summed E-state index contributed by atoms with van der Waals surface area (Å²) in [7, 11) is 0. The Balaban J connectivity index is 2.43. The molecule has 1 aromatic rings. The molecule has 0 saturated carbocycles. The molecule has 0 saturated heterocycles. The monoisotopic (exact) mass is 228 g/mol. The number of imidazole rings is 1. The molecule has 0 aliphatic rings. The van der Waals surface area contributed by atoms with Crippen LogP contribution < -0.4 is 0 Å². The molecule has 0 aliphatic heterocycles. The first kappa shape index (κ1) is 12.6. The van der Waals surface area contributed by atoms with Gasteiger partial charge in [0.1, 0.15) is 0 Å². The van der Waals surface area contributed by atoms with Gasteiger partial charge in [0.2, 0.25) is 0 Å². The zero-order valence-corrected chi connectivity index (χ0v) is 10.7. The predicted octanol–water partition coefficient (Wildman–Crippen LogP) is 4.01. The van der Waals surface area contributed by atoms with Gasteiger partial charge < -0.3 is 4.57 Å². The molecule has 0 amide bonds. The number of halogens is 1. The summed E-state index contributed by atoms with van der Waals surface area (Å²) in [5.41, 5.74) is 1.12. The van der Waals surface area contributed by atoms with E-state index in [1.807, 2.05) is 12.5 Å². The quantitative estimate of drug-likeness (QED) is 0.673. The van der Waals surface area contributed by atoms with Crippen molar-refractivity contribution < 1.29 is 0 Å². The Hall–Kier alpha value is -0.500. The average molecular weight is 229 g/mol. The Labute approximate surface area is 97.7 Å². The minimum Gasteiger partial charge on any atom is -0.331 e. The van der Waals surface area contributed by atoms with E-state index in [2.05, 4.69) is 30.3 Å². The molecule has 0 bridgehead atoms. The molecule has 0 N–H and O–H groups in total. The van der Waals surface area contributed by atoms with E-state index in [1.54, 1.807) is 0 Å². The molecule has 1 heterocycles. The lowest BCUT2D eigenvalue weighted by molar-refractivity contribution is 0.441. The summed E-state index contributed by atoms with van der Waals surface area (Å²) in [6.07, 6.45) is 7.52. The van der Waals surface area contributed by atoms with Crippen molar-refractivity contribution in [2.24, 2.45) is 5.92 Å². The van der Waals surface area contributed by atoms with Gasteiger partial charge in [0, 0.05) is 12.2 Å². The second-order valence-electron chi connectivity index (χ2n) is 4.60. The van der Waals surface area contributed by atoms with Crippen LogP contribution in [0.2, 0.25) is 0 Å². The summed E-state index contributed by atoms with van der Waals surface area (Å²) in [6, 6.07) is 0.514. The topological polar surface area (TPSA) is 17.8 Å². The molecule has 0 aromatic carbocycles. The van der Waals surface area contributed by atoms with Crippen molar-refractivity contribution >= 4 is 11.6 Å². The van der Waals surface area contributed by atoms with Gasteiger partial charge in [0.25, 0.3) is 0 Å². The molecule has 15 heavy (non-hydrogen) atoms. The van der Waals surface area contributed by atoms with Crippen molar-refractivity contribution in [3.8, 4) is 0 Å². The molecule has 86 valence electrons. The van der Waals surface area contributed by atoms with Gasteiger partial charge in [0.15, 0.2) is 0 Å². The lowest BCUT2D eigenvalue weighted by atomic mass is 10.0. The number of aromatic nitrogens is 2. The van der Waals surface area contributed by atoms with Gasteiger partial charge in [-0.25, -0.2) is 4.98 Å². The van der Waals surface area contributed by atoms with E-state index < -0.39 is 0 Å². The molecule has 2 nitrogen and oxygen atoms in total. The highest BCUT2D eigenvalue weighted by molar-refractivity contribution is 6.16. The van der Waals surface area contributed by atoms with Crippen LogP contribution >= 0.6 is 11.6 Å². The number of alkyl halides is 1. The number of rotatable bonds is 6. The van der Waals surface area contributed by atoms with Crippen LogP contribution in [0.15, 0.2) is 12.5 Å². The lowest BCUT2D eigenvalue weighted by Crippen LogP contribution is -2.07. The zero-order chi connectivity index (χ0) is 11.3. The van der Waals surface area contributed by atoms with E-state index in [9.17, 15) is 0 Å². The van der Waals surface area contributed by atoms with Crippen molar-refractivity contribution in [2.75, 3.05) is 0 Å². The third kappa shape index (κ3) is 3.86. The predicted molar refractivity (Wildman–Crippen MR) is 65.2 cm³/mol. The summed E-state index contributed by atoms with van der Waals surface area (Å²) in [5, 5.41) is 0. The van der Waals surface area contributed by atoms with Gasteiger partial charge in [-0.1, -0.05) is 26.7 Å². The maximum atomic E-state index is 5.84. The van der Waals surface area contributed by atoms with Crippen LogP contribution in [-0.2, 0) is 5.88 Å². The highest BCUT2D eigenvalue weighted by atomic mass is 35.5. The van der Waals surface area contributed by atoms with E-state index in [0.29, 0.717) is 11.9 Å². The molecular weight excluding hydrogens is 208 g/mol. The minimum absolute atomic E-state index is 0.514. The first-order chi connectivity index (χ1) is 7.15. The molecule has 1 atom stereocenters. The van der Waals surface area contributed by atoms with Crippen LogP contribution in [0.1, 0.15) is 51.8 Å². The molecule has 3 heteroatoms. The number of hydrogen-bond acceptors (Lipinski definition) is 1. The molecular formula is C12H21ClN2. The highest BCUT2D eigenvalue weighted by Gasteiger charge is 2.08. The lowest BCUT2D eigenvalue weighted by Gasteiger charge is -2.16. The Morgan fingerprint density at radius 3 is 2.67 bits per heavy atom. The Kier molecular flexibility index (Phi) is 5.16. The molecule has 0 spiro atoms.